The van der Waals surface area contributed by atoms with Gasteiger partial charge in [-0.15, -0.1) is 11.3 Å². The maximum absolute atomic E-state index is 5.52. The molecular weight excluding hydrogens is 298 g/mol. The largest absolute Gasteiger partial charge is 0.493 e. The molecule has 4 rings (SSSR count). The third-order valence-electron chi connectivity index (χ3n) is 3.73. The van der Waals surface area contributed by atoms with Crippen molar-refractivity contribution in [2.75, 3.05) is 6.61 Å². The predicted molar refractivity (Wildman–Crippen MR) is 83.3 cm³/mol. The van der Waals surface area contributed by atoms with Crippen LogP contribution >= 0.6 is 11.3 Å². The second kappa shape index (κ2) is 5.21. The van der Waals surface area contributed by atoms with Gasteiger partial charge in [0.1, 0.15) is 5.75 Å². The lowest BCUT2D eigenvalue weighted by atomic mass is 10.1. The van der Waals surface area contributed by atoms with Gasteiger partial charge < -0.3 is 9.26 Å². The van der Waals surface area contributed by atoms with E-state index in [4.69, 9.17) is 9.26 Å². The summed E-state index contributed by atoms with van der Waals surface area (Å²) in [4.78, 5) is 10.2. The van der Waals surface area contributed by atoms with Crippen LogP contribution in [0.1, 0.15) is 27.0 Å². The van der Waals surface area contributed by atoms with Crippen LogP contribution < -0.4 is 4.74 Å². The second-order valence-corrected chi connectivity index (χ2v) is 6.75. The Morgan fingerprint density at radius 1 is 1.23 bits per heavy atom. The van der Waals surface area contributed by atoms with E-state index in [0.717, 1.165) is 35.0 Å². The van der Waals surface area contributed by atoms with Crippen molar-refractivity contribution in [3.05, 3.63) is 45.2 Å². The van der Waals surface area contributed by atoms with Crippen LogP contribution in [0, 0.1) is 13.8 Å². The Morgan fingerprint density at radius 3 is 2.95 bits per heavy atom. The molecule has 112 valence electrons. The average molecular weight is 313 g/mol. The highest BCUT2D eigenvalue weighted by Crippen LogP contribution is 2.29. The van der Waals surface area contributed by atoms with E-state index in [9.17, 15) is 0 Å². The van der Waals surface area contributed by atoms with Crippen LogP contribution in [0.5, 0.6) is 5.75 Å². The summed E-state index contributed by atoms with van der Waals surface area (Å²) < 4.78 is 10.9. The smallest absolute Gasteiger partial charge is 0.233 e. The van der Waals surface area contributed by atoms with Gasteiger partial charge >= 0.3 is 0 Å². The first-order chi connectivity index (χ1) is 10.7. The molecule has 0 saturated carbocycles. The van der Waals surface area contributed by atoms with Crippen molar-refractivity contribution in [3.63, 3.8) is 0 Å². The normalized spacial score (nSPS) is 13.2. The van der Waals surface area contributed by atoms with Gasteiger partial charge in [0.25, 0.3) is 0 Å². The summed E-state index contributed by atoms with van der Waals surface area (Å²) >= 11 is 1.69. The minimum absolute atomic E-state index is 0.581. The minimum atomic E-state index is 0.581. The number of aromatic nitrogens is 3. The van der Waals surface area contributed by atoms with Gasteiger partial charge in [-0.1, -0.05) is 5.16 Å². The molecule has 0 spiro atoms. The number of aryl methyl sites for hydroxylation is 2. The molecule has 0 amide bonds. The van der Waals surface area contributed by atoms with E-state index in [0.29, 0.717) is 18.1 Å². The summed E-state index contributed by atoms with van der Waals surface area (Å²) in [6.07, 6.45) is 1.52. The van der Waals surface area contributed by atoms with Gasteiger partial charge in [-0.05, 0) is 37.6 Å². The molecule has 0 N–H and O–H groups in total. The quantitative estimate of drug-likeness (QED) is 0.742. The Labute approximate surface area is 132 Å². The minimum Gasteiger partial charge on any atom is -0.493 e. The Balaban J connectivity index is 1.60. The fourth-order valence-electron chi connectivity index (χ4n) is 2.65. The Hall–Kier alpha value is -2.21. The lowest BCUT2D eigenvalue weighted by Gasteiger charge is -1.99. The van der Waals surface area contributed by atoms with Crippen molar-refractivity contribution >= 4 is 11.3 Å². The van der Waals surface area contributed by atoms with Crippen LogP contribution in [0.4, 0.5) is 0 Å². The molecule has 3 heterocycles. The van der Waals surface area contributed by atoms with Gasteiger partial charge in [0.15, 0.2) is 0 Å². The van der Waals surface area contributed by atoms with E-state index in [2.05, 4.69) is 28.1 Å². The third kappa shape index (κ3) is 2.39. The SMILES string of the molecule is Cc1nc(Cc2nc(-c3ccc4c(c3)CCO4)no2)c(C)s1. The summed E-state index contributed by atoms with van der Waals surface area (Å²) in [6.45, 7) is 4.82. The number of nitrogens with zero attached hydrogens (tertiary/aromatic N) is 3. The Morgan fingerprint density at radius 2 is 2.14 bits per heavy atom. The summed E-state index contributed by atoms with van der Waals surface area (Å²) in [5.41, 5.74) is 3.18. The van der Waals surface area contributed by atoms with Gasteiger partial charge in [-0.25, -0.2) is 4.98 Å². The zero-order valence-corrected chi connectivity index (χ0v) is 13.2. The molecule has 6 heteroatoms. The van der Waals surface area contributed by atoms with E-state index in [1.54, 1.807) is 11.3 Å². The summed E-state index contributed by atoms with van der Waals surface area (Å²) in [7, 11) is 0. The molecular formula is C16H15N3O2S. The molecule has 3 aromatic rings. The number of thiazole rings is 1. The van der Waals surface area contributed by atoms with Crippen molar-refractivity contribution in [1.82, 2.24) is 15.1 Å². The van der Waals surface area contributed by atoms with Crippen LogP contribution in [-0.4, -0.2) is 21.7 Å². The standard InChI is InChI=1S/C16H15N3O2S/c1-9-13(17-10(2)22-9)8-15-18-16(19-21-15)12-3-4-14-11(7-12)5-6-20-14/h3-4,7H,5-6,8H2,1-2H3. The van der Waals surface area contributed by atoms with Crippen LogP contribution in [0.15, 0.2) is 22.7 Å². The number of ether oxygens (including phenoxy) is 1. The first-order valence-electron chi connectivity index (χ1n) is 7.20. The monoisotopic (exact) mass is 313 g/mol. The van der Waals surface area contributed by atoms with E-state index in [1.807, 2.05) is 19.1 Å². The topological polar surface area (TPSA) is 61.0 Å². The fraction of sp³-hybridized carbons (Fsp3) is 0.312. The van der Waals surface area contributed by atoms with Crippen molar-refractivity contribution in [1.29, 1.82) is 0 Å². The molecule has 0 atom stereocenters. The van der Waals surface area contributed by atoms with Gasteiger partial charge in [0.05, 0.1) is 23.7 Å². The van der Waals surface area contributed by atoms with Crippen LogP contribution in [0.25, 0.3) is 11.4 Å². The van der Waals surface area contributed by atoms with Gasteiger partial charge in [-0.2, -0.15) is 4.98 Å². The Bertz CT molecular complexity index is 838. The molecule has 0 bridgehead atoms. The molecule has 1 aromatic carbocycles. The van der Waals surface area contributed by atoms with Crippen molar-refractivity contribution in [2.45, 2.75) is 26.7 Å². The highest BCUT2D eigenvalue weighted by Gasteiger charge is 2.16. The summed E-state index contributed by atoms with van der Waals surface area (Å²) in [5, 5.41) is 5.15. The van der Waals surface area contributed by atoms with Gasteiger partial charge in [-0.3, -0.25) is 0 Å². The van der Waals surface area contributed by atoms with Gasteiger partial charge in [0, 0.05) is 16.9 Å². The predicted octanol–water partition coefficient (Wildman–Crippen LogP) is 3.34. The zero-order valence-electron chi connectivity index (χ0n) is 12.4. The van der Waals surface area contributed by atoms with Crippen molar-refractivity contribution in [3.8, 4) is 17.1 Å². The molecule has 2 aromatic heterocycles. The van der Waals surface area contributed by atoms with E-state index in [-0.39, 0.29) is 0 Å². The number of fused-ring (bicyclic) bond motifs is 1. The van der Waals surface area contributed by atoms with Crippen LogP contribution in [0.2, 0.25) is 0 Å². The molecule has 5 nitrogen and oxygen atoms in total. The Kier molecular flexibility index (Phi) is 3.18. The van der Waals surface area contributed by atoms with Gasteiger partial charge in [0.2, 0.25) is 11.7 Å². The van der Waals surface area contributed by atoms with Crippen LogP contribution in [-0.2, 0) is 12.8 Å². The first-order valence-corrected chi connectivity index (χ1v) is 8.02. The second-order valence-electron chi connectivity index (χ2n) is 5.35. The summed E-state index contributed by atoms with van der Waals surface area (Å²) in [6, 6.07) is 6.02. The van der Waals surface area contributed by atoms with Crippen LogP contribution in [0.3, 0.4) is 0 Å². The highest BCUT2D eigenvalue weighted by atomic mass is 32.1. The molecule has 0 saturated heterocycles. The number of rotatable bonds is 3. The maximum Gasteiger partial charge on any atom is 0.233 e. The van der Waals surface area contributed by atoms with E-state index < -0.39 is 0 Å². The fourth-order valence-corrected chi connectivity index (χ4v) is 3.48. The third-order valence-corrected chi connectivity index (χ3v) is 4.66. The van der Waals surface area contributed by atoms with E-state index >= 15 is 0 Å². The number of hydrogen-bond acceptors (Lipinski definition) is 6. The van der Waals surface area contributed by atoms with Crippen molar-refractivity contribution in [2.24, 2.45) is 0 Å². The molecule has 1 aliphatic rings. The molecule has 0 unspecified atom stereocenters. The van der Waals surface area contributed by atoms with E-state index in [1.165, 1.54) is 10.4 Å². The maximum atomic E-state index is 5.52. The lowest BCUT2D eigenvalue weighted by Crippen LogP contribution is -1.91. The molecule has 0 aliphatic carbocycles. The average Bonchev–Trinajstić information content (AvgIpc) is 3.19. The molecule has 0 fully saturated rings. The summed E-state index contributed by atoms with van der Waals surface area (Å²) in [5.74, 6) is 2.18. The molecule has 1 aliphatic heterocycles. The molecule has 22 heavy (non-hydrogen) atoms. The first kappa shape index (κ1) is 13.5. The lowest BCUT2D eigenvalue weighted by molar-refractivity contribution is 0.357. The molecule has 0 radical (unpaired) electrons. The highest BCUT2D eigenvalue weighted by molar-refractivity contribution is 7.11. The number of hydrogen-bond donors (Lipinski definition) is 0. The number of benzene rings is 1. The van der Waals surface area contributed by atoms with Crippen molar-refractivity contribution < 1.29 is 9.26 Å². The zero-order chi connectivity index (χ0) is 15.1.